The van der Waals surface area contributed by atoms with Crippen LogP contribution < -0.4 is 5.32 Å². The molecule has 0 heterocycles. The van der Waals surface area contributed by atoms with Crippen LogP contribution in [-0.2, 0) is 9.84 Å². The zero-order valence-corrected chi connectivity index (χ0v) is 18.3. The number of halogens is 3. The van der Waals surface area contributed by atoms with Crippen LogP contribution in [0.4, 0.5) is 14.5 Å². The van der Waals surface area contributed by atoms with Crippen LogP contribution in [0.2, 0.25) is 5.02 Å². The van der Waals surface area contributed by atoms with Gasteiger partial charge in [-0.05, 0) is 74.8 Å². The summed E-state index contributed by atoms with van der Waals surface area (Å²) in [4.78, 5) is 12.4. The van der Waals surface area contributed by atoms with Gasteiger partial charge in [0.05, 0.1) is 20.8 Å². The number of hydrogen-bond donors (Lipinski definition) is 2. The molecule has 2 aromatic carbocycles. The van der Waals surface area contributed by atoms with E-state index in [4.69, 9.17) is 11.6 Å². The summed E-state index contributed by atoms with van der Waals surface area (Å²) in [6.45, 7) is 1.77. The number of fused-ring (bicyclic) bond motifs is 2. The molecule has 2 bridgehead atoms. The SMILES string of the molecule is C[C@@]1(O)C2CC[C@H]1C[C@H](S(=O)(=O)c1cc(C(=O)Nc3ccc(F)c(F)c3)ccc1Cl)C2. The molecule has 0 radical (unpaired) electrons. The van der Waals surface area contributed by atoms with E-state index in [9.17, 15) is 27.1 Å². The molecule has 2 fully saturated rings. The number of nitrogens with one attached hydrogen (secondary N) is 1. The summed E-state index contributed by atoms with van der Waals surface area (Å²) in [5.41, 5.74) is -0.796. The highest BCUT2D eigenvalue weighted by atomic mass is 35.5. The fourth-order valence-electron chi connectivity index (χ4n) is 4.84. The van der Waals surface area contributed by atoms with Gasteiger partial charge < -0.3 is 10.4 Å². The molecule has 1 amide bonds. The lowest BCUT2D eigenvalue weighted by atomic mass is 9.76. The molecule has 31 heavy (non-hydrogen) atoms. The average molecular weight is 470 g/mol. The molecule has 2 aliphatic carbocycles. The third-order valence-corrected chi connectivity index (χ3v) is 9.38. The van der Waals surface area contributed by atoms with Gasteiger partial charge in [-0.25, -0.2) is 17.2 Å². The van der Waals surface area contributed by atoms with Crippen molar-refractivity contribution in [3.05, 3.63) is 58.6 Å². The van der Waals surface area contributed by atoms with E-state index < -0.39 is 38.2 Å². The number of hydrogen-bond acceptors (Lipinski definition) is 4. The fraction of sp³-hybridized carbons (Fsp3) is 0.409. The minimum absolute atomic E-state index is 0.00839. The molecule has 9 heteroatoms. The maximum absolute atomic E-state index is 13.4. The molecular formula is C22H22ClF2NO4S. The normalized spacial score (nSPS) is 27.8. The van der Waals surface area contributed by atoms with E-state index in [1.54, 1.807) is 6.92 Å². The molecule has 0 aliphatic heterocycles. The molecule has 2 saturated carbocycles. The van der Waals surface area contributed by atoms with Crippen LogP contribution in [0.5, 0.6) is 0 Å². The van der Waals surface area contributed by atoms with Crippen molar-refractivity contribution in [1.82, 2.24) is 0 Å². The zero-order chi connectivity index (χ0) is 22.6. The zero-order valence-electron chi connectivity index (χ0n) is 16.7. The van der Waals surface area contributed by atoms with Crippen molar-refractivity contribution in [2.45, 2.75) is 48.4 Å². The first kappa shape index (κ1) is 22.2. The number of amides is 1. The number of benzene rings is 2. The lowest BCUT2D eigenvalue weighted by molar-refractivity contribution is -0.0413. The van der Waals surface area contributed by atoms with Crippen LogP contribution in [0.3, 0.4) is 0 Å². The molecule has 2 N–H and O–H groups in total. The summed E-state index contributed by atoms with van der Waals surface area (Å²) in [7, 11) is -3.84. The first-order chi connectivity index (χ1) is 14.5. The molecule has 4 atom stereocenters. The molecule has 1 unspecified atom stereocenters. The fourth-order valence-corrected chi connectivity index (χ4v) is 7.24. The van der Waals surface area contributed by atoms with Crippen LogP contribution in [-0.4, -0.2) is 30.3 Å². The van der Waals surface area contributed by atoms with Crippen molar-refractivity contribution in [1.29, 1.82) is 0 Å². The first-order valence-corrected chi connectivity index (χ1v) is 11.9. The first-order valence-electron chi connectivity index (χ1n) is 10.0. The Balaban J connectivity index is 1.60. The van der Waals surface area contributed by atoms with Gasteiger partial charge in [-0.1, -0.05) is 11.6 Å². The summed E-state index contributed by atoms with van der Waals surface area (Å²) >= 11 is 6.20. The van der Waals surface area contributed by atoms with Gasteiger partial charge in [0.25, 0.3) is 5.91 Å². The number of rotatable bonds is 4. The van der Waals surface area contributed by atoms with Gasteiger partial charge >= 0.3 is 0 Å². The highest BCUT2D eigenvalue weighted by Gasteiger charge is 2.53. The topological polar surface area (TPSA) is 83.5 Å². The van der Waals surface area contributed by atoms with Crippen molar-refractivity contribution in [2.75, 3.05) is 5.32 Å². The minimum Gasteiger partial charge on any atom is -0.390 e. The molecule has 0 saturated heterocycles. The summed E-state index contributed by atoms with van der Waals surface area (Å²) in [5, 5.41) is 12.4. The Morgan fingerprint density at radius 1 is 1.10 bits per heavy atom. The van der Waals surface area contributed by atoms with E-state index in [1.165, 1.54) is 24.3 Å². The van der Waals surface area contributed by atoms with Gasteiger partial charge in [0, 0.05) is 17.3 Å². The molecule has 4 rings (SSSR count). The van der Waals surface area contributed by atoms with Gasteiger partial charge in [-0.15, -0.1) is 0 Å². The predicted molar refractivity (Wildman–Crippen MR) is 113 cm³/mol. The quantitative estimate of drug-likeness (QED) is 0.686. The Labute approximate surface area is 184 Å². The van der Waals surface area contributed by atoms with E-state index in [0.29, 0.717) is 12.8 Å². The summed E-state index contributed by atoms with van der Waals surface area (Å²) in [6.07, 6.45) is 2.25. The van der Waals surface area contributed by atoms with Crippen molar-refractivity contribution in [2.24, 2.45) is 11.8 Å². The molecular weight excluding hydrogens is 448 g/mol. The maximum atomic E-state index is 13.4. The highest BCUT2D eigenvalue weighted by molar-refractivity contribution is 7.92. The highest BCUT2D eigenvalue weighted by Crippen LogP contribution is 2.51. The van der Waals surface area contributed by atoms with Crippen molar-refractivity contribution >= 4 is 33.0 Å². The molecule has 2 aromatic rings. The molecule has 5 nitrogen and oxygen atoms in total. The number of anilines is 1. The van der Waals surface area contributed by atoms with Gasteiger partial charge in [-0.2, -0.15) is 0 Å². The smallest absolute Gasteiger partial charge is 0.255 e. The summed E-state index contributed by atoms with van der Waals surface area (Å²) < 4.78 is 53.2. The van der Waals surface area contributed by atoms with Crippen LogP contribution in [0, 0.1) is 23.5 Å². The van der Waals surface area contributed by atoms with E-state index >= 15 is 0 Å². The second kappa shape index (κ2) is 7.83. The summed E-state index contributed by atoms with van der Waals surface area (Å²) in [5.74, 6) is -3.02. The lowest BCUT2D eigenvalue weighted by Crippen LogP contribution is -2.45. The van der Waals surface area contributed by atoms with Gasteiger partial charge in [-0.3, -0.25) is 4.79 Å². The van der Waals surface area contributed by atoms with E-state index in [1.807, 2.05) is 0 Å². The standard InChI is InChI=1S/C22H22ClF2NO4S/c1-22(28)13-3-4-14(22)10-16(9-13)31(29,30)20-8-12(2-6-17(20)23)21(27)26-15-5-7-18(24)19(25)11-15/h2,5-8,11,13-14,16,28H,3-4,9-10H2,1H3,(H,26,27)/t13-,14?,16-,22-/m0/s1. The number of carbonyl (C=O) groups excluding carboxylic acids is 1. The molecule has 0 aromatic heterocycles. The number of carbonyl (C=O) groups is 1. The average Bonchev–Trinajstić information content (AvgIpc) is 2.87. The maximum Gasteiger partial charge on any atom is 0.255 e. The van der Waals surface area contributed by atoms with Gasteiger partial charge in [0.2, 0.25) is 0 Å². The van der Waals surface area contributed by atoms with Gasteiger partial charge in [0.1, 0.15) is 0 Å². The third-order valence-electron chi connectivity index (χ3n) is 6.73. The van der Waals surface area contributed by atoms with Crippen LogP contribution in [0.15, 0.2) is 41.3 Å². The molecule has 0 spiro atoms. The Bertz CT molecular complexity index is 1140. The number of aliphatic hydroxyl groups is 1. The summed E-state index contributed by atoms with van der Waals surface area (Å²) in [6, 6.07) is 6.84. The Morgan fingerprint density at radius 3 is 2.35 bits per heavy atom. The van der Waals surface area contributed by atoms with Crippen LogP contribution in [0.1, 0.15) is 43.0 Å². The second-order valence-electron chi connectivity index (χ2n) is 8.56. The Morgan fingerprint density at radius 2 is 1.74 bits per heavy atom. The Hall–Kier alpha value is -2.03. The molecule has 2 aliphatic rings. The van der Waals surface area contributed by atoms with Crippen molar-refractivity contribution < 1.29 is 27.1 Å². The van der Waals surface area contributed by atoms with E-state index in [0.717, 1.165) is 25.0 Å². The third kappa shape index (κ3) is 3.97. The lowest BCUT2D eigenvalue weighted by Gasteiger charge is -2.40. The van der Waals surface area contributed by atoms with Crippen LogP contribution >= 0.6 is 11.6 Å². The largest absolute Gasteiger partial charge is 0.390 e. The number of sulfone groups is 1. The van der Waals surface area contributed by atoms with Gasteiger partial charge in [0.15, 0.2) is 21.5 Å². The van der Waals surface area contributed by atoms with Crippen molar-refractivity contribution in [3.8, 4) is 0 Å². The van der Waals surface area contributed by atoms with E-state index in [2.05, 4.69) is 5.32 Å². The minimum atomic E-state index is -3.84. The molecule has 166 valence electrons. The van der Waals surface area contributed by atoms with Crippen molar-refractivity contribution in [3.63, 3.8) is 0 Å². The second-order valence-corrected chi connectivity index (χ2v) is 11.2. The predicted octanol–water partition coefficient (Wildman–Crippen LogP) is 4.58. The monoisotopic (exact) mass is 469 g/mol. The van der Waals surface area contributed by atoms with Crippen LogP contribution in [0.25, 0.3) is 0 Å². The Kier molecular flexibility index (Phi) is 5.60. The van der Waals surface area contributed by atoms with E-state index in [-0.39, 0.29) is 33.0 Å².